The first-order chi connectivity index (χ1) is 6.44. The highest BCUT2D eigenvalue weighted by Crippen LogP contribution is 2.28. The van der Waals surface area contributed by atoms with Gasteiger partial charge in [-0.1, -0.05) is 0 Å². The van der Waals surface area contributed by atoms with Crippen LogP contribution in [0.5, 0.6) is 5.75 Å². The van der Waals surface area contributed by atoms with Crippen molar-refractivity contribution in [1.82, 2.24) is 4.98 Å². The zero-order chi connectivity index (χ0) is 10.8. The molecule has 0 aromatic carbocycles. The number of ether oxygens (including phenoxy) is 1. The van der Waals surface area contributed by atoms with Crippen molar-refractivity contribution in [2.45, 2.75) is 13.0 Å². The number of nitrogens with zero attached hydrogens (tertiary/aromatic N) is 1. The van der Waals surface area contributed by atoms with Gasteiger partial charge in [-0.2, -0.15) is 0 Å². The lowest BCUT2D eigenvalue weighted by Crippen LogP contribution is -2.19. The van der Waals surface area contributed by atoms with E-state index >= 15 is 0 Å². The Labute approximate surface area is 75.3 Å². The van der Waals surface area contributed by atoms with E-state index in [1.54, 1.807) is 0 Å². The Morgan fingerprint density at radius 1 is 1.29 bits per heavy atom. The van der Waals surface area contributed by atoms with E-state index in [-0.39, 0.29) is 0 Å². The van der Waals surface area contributed by atoms with Gasteiger partial charge in [0, 0.05) is 11.8 Å². The molecule has 0 bridgehead atoms. The molecule has 1 rings (SSSR count). The molecule has 78 valence electrons. The maximum absolute atomic E-state index is 12.7. The van der Waals surface area contributed by atoms with Crippen LogP contribution in [-0.2, 0) is 6.67 Å². The molecule has 1 heterocycles. The van der Waals surface area contributed by atoms with Gasteiger partial charge in [0.15, 0.2) is 11.6 Å². The SMILES string of the molecule is FCc1cncc(F)c1OC(F)(F)F. The van der Waals surface area contributed by atoms with Crippen LogP contribution < -0.4 is 4.74 Å². The van der Waals surface area contributed by atoms with Crippen molar-refractivity contribution in [3.8, 4) is 5.75 Å². The van der Waals surface area contributed by atoms with Crippen molar-refractivity contribution in [3.63, 3.8) is 0 Å². The van der Waals surface area contributed by atoms with Gasteiger partial charge in [-0.25, -0.2) is 8.78 Å². The summed E-state index contributed by atoms with van der Waals surface area (Å²) < 4.78 is 63.2. The third-order valence-electron chi connectivity index (χ3n) is 1.29. The Balaban J connectivity index is 3.05. The molecule has 0 atom stereocenters. The molecule has 0 spiro atoms. The third-order valence-corrected chi connectivity index (χ3v) is 1.29. The molecule has 0 radical (unpaired) electrons. The monoisotopic (exact) mass is 213 g/mol. The van der Waals surface area contributed by atoms with E-state index in [0.717, 1.165) is 6.20 Å². The summed E-state index contributed by atoms with van der Waals surface area (Å²) in [5.74, 6) is -2.52. The van der Waals surface area contributed by atoms with Crippen LogP contribution in [0.15, 0.2) is 12.4 Å². The zero-order valence-corrected chi connectivity index (χ0v) is 6.61. The van der Waals surface area contributed by atoms with Gasteiger partial charge in [0.05, 0.1) is 6.20 Å². The van der Waals surface area contributed by atoms with E-state index in [1.165, 1.54) is 0 Å². The predicted octanol–water partition coefficient (Wildman–Crippen LogP) is 2.59. The molecule has 0 unspecified atom stereocenters. The average Bonchev–Trinajstić information content (AvgIpc) is 2.06. The Bertz CT molecular complexity index is 324. The summed E-state index contributed by atoms with van der Waals surface area (Å²) in [4.78, 5) is 3.18. The Kier molecular flexibility index (Phi) is 2.87. The second-order valence-electron chi connectivity index (χ2n) is 2.29. The van der Waals surface area contributed by atoms with E-state index in [1.807, 2.05) is 0 Å². The van der Waals surface area contributed by atoms with Gasteiger partial charge in [-0.15, -0.1) is 13.2 Å². The lowest BCUT2D eigenvalue weighted by atomic mass is 10.3. The van der Waals surface area contributed by atoms with Gasteiger partial charge >= 0.3 is 6.36 Å². The van der Waals surface area contributed by atoms with E-state index in [0.29, 0.717) is 6.20 Å². The molecule has 0 aliphatic rings. The number of alkyl halides is 4. The van der Waals surface area contributed by atoms with Crippen molar-refractivity contribution in [1.29, 1.82) is 0 Å². The summed E-state index contributed by atoms with van der Waals surface area (Å²) in [6, 6.07) is 0. The molecule has 0 N–H and O–H groups in total. The number of hydrogen-bond donors (Lipinski definition) is 0. The largest absolute Gasteiger partial charge is 0.573 e. The summed E-state index contributed by atoms with van der Waals surface area (Å²) in [5.41, 5.74) is -0.581. The standard InChI is InChI=1S/C7H4F5NO/c8-1-4-2-13-3-5(9)6(4)14-7(10,11)12/h2-3H,1H2. The fraction of sp³-hybridized carbons (Fsp3) is 0.286. The molecule has 0 aliphatic heterocycles. The summed E-state index contributed by atoms with van der Waals surface area (Å²) >= 11 is 0. The van der Waals surface area contributed by atoms with Crippen LogP contribution in [0.25, 0.3) is 0 Å². The number of halogens is 5. The zero-order valence-electron chi connectivity index (χ0n) is 6.61. The predicted molar refractivity (Wildman–Crippen MR) is 35.7 cm³/mol. The van der Waals surface area contributed by atoms with Gasteiger partial charge in [0.25, 0.3) is 0 Å². The molecule has 14 heavy (non-hydrogen) atoms. The number of aromatic nitrogens is 1. The van der Waals surface area contributed by atoms with E-state index in [9.17, 15) is 22.0 Å². The first kappa shape index (κ1) is 10.7. The second kappa shape index (κ2) is 3.77. The fourth-order valence-electron chi connectivity index (χ4n) is 0.789. The Hall–Kier alpha value is -1.40. The highest BCUT2D eigenvalue weighted by molar-refractivity contribution is 5.31. The maximum atomic E-state index is 12.7. The first-order valence-electron chi connectivity index (χ1n) is 3.38. The molecule has 0 fully saturated rings. The Morgan fingerprint density at radius 3 is 2.43 bits per heavy atom. The molecule has 1 aromatic heterocycles. The van der Waals surface area contributed by atoms with Crippen LogP contribution in [0, 0.1) is 5.82 Å². The van der Waals surface area contributed by atoms with Crippen molar-refractivity contribution < 1.29 is 26.7 Å². The minimum absolute atomic E-state index is 0.514. The van der Waals surface area contributed by atoms with Crippen LogP contribution in [0.3, 0.4) is 0 Å². The van der Waals surface area contributed by atoms with Gasteiger partial charge in [0.1, 0.15) is 6.67 Å². The average molecular weight is 213 g/mol. The summed E-state index contributed by atoms with van der Waals surface area (Å²) in [7, 11) is 0. The minimum Gasteiger partial charge on any atom is -0.402 e. The molecule has 0 amide bonds. The number of rotatable bonds is 2. The number of pyridine rings is 1. The molecule has 0 saturated carbocycles. The molecule has 1 aromatic rings. The molecular formula is C7H4F5NO. The van der Waals surface area contributed by atoms with Crippen molar-refractivity contribution >= 4 is 0 Å². The van der Waals surface area contributed by atoms with E-state index in [4.69, 9.17) is 0 Å². The normalized spacial score (nSPS) is 11.5. The lowest BCUT2D eigenvalue weighted by molar-refractivity contribution is -0.276. The third kappa shape index (κ3) is 2.54. The molecular weight excluding hydrogens is 209 g/mol. The van der Waals surface area contributed by atoms with E-state index in [2.05, 4.69) is 9.72 Å². The van der Waals surface area contributed by atoms with Gasteiger partial charge in [0.2, 0.25) is 0 Å². The topological polar surface area (TPSA) is 22.1 Å². The van der Waals surface area contributed by atoms with Crippen LogP contribution in [-0.4, -0.2) is 11.3 Å². The number of hydrogen-bond acceptors (Lipinski definition) is 2. The lowest BCUT2D eigenvalue weighted by Gasteiger charge is -2.11. The van der Waals surface area contributed by atoms with Crippen LogP contribution in [0.1, 0.15) is 5.56 Å². The molecule has 0 aliphatic carbocycles. The molecule has 7 heteroatoms. The maximum Gasteiger partial charge on any atom is 0.573 e. The van der Waals surface area contributed by atoms with Gasteiger partial charge in [-0.05, 0) is 0 Å². The van der Waals surface area contributed by atoms with E-state index < -0.39 is 30.2 Å². The smallest absolute Gasteiger partial charge is 0.402 e. The van der Waals surface area contributed by atoms with Gasteiger partial charge in [-0.3, -0.25) is 4.98 Å². The second-order valence-corrected chi connectivity index (χ2v) is 2.29. The minimum atomic E-state index is -5.05. The van der Waals surface area contributed by atoms with Crippen LogP contribution in [0.2, 0.25) is 0 Å². The Morgan fingerprint density at radius 2 is 1.93 bits per heavy atom. The summed E-state index contributed by atoms with van der Waals surface area (Å²) in [5, 5.41) is 0. The highest BCUT2D eigenvalue weighted by atomic mass is 19.4. The quantitative estimate of drug-likeness (QED) is 0.704. The van der Waals surface area contributed by atoms with Crippen molar-refractivity contribution in [3.05, 3.63) is 23.8 Å². The van der Waals surface area contributed by atoms with Crippen LogP contribution in [0.4, 0.5) is 22.0 Å². The van der Waals surface area contributed by atoms with Crippen LogP contribution >= 0.6 is 0 Å². The first-order valence-corrected chi connectivity index (χ1v) is 3.38. The van der Waals surface area contributed by atoms with Gasteiger partial charge < -0.3 is 4.74 Å². The van der Waals surface area contributed by atoms with Crippen molar-refractivity contribution in [2.75, 3.05) is 0 Å². The summed E-state index contributed by atoms with van der Waals surface area (Å²) in [6.45, 7) is -1.28. The summed E-state index contributed by atoms with van der Waals surface area (Å²) in [6.07, 6.45) is -3.77. The van der Waals surface area contributed by atoms with Crippen molar-refractivity contribution in [2.24, 2.45) is 0 Å². The molecule has 0 saturated heterocycles. The highest BCUT2D eigenvalue weighted by Gasteiger charge is 2.33. The molecule has 2 nitrogen and oxygen atoms in total. The fourth-order valence-corrected chi connectivity index (χ4v) is 0.789.